The maximum atomic E-state index is 13.0. The lowest BCUT2D eigenvalue weighted by Gasteiger charge is -2.35. The van der Waals surface area contributed by atoms with Gasteiger partial charge in [-0.3, -0.25) is 14.7 Å². The molecular formula is C29H34N4O. The van der Waals surface area contributed by atoms with Gasteiger partial charge in [-0.2, -0.15) is 0 Å². The van der Waals surface area contributed by atoms with Crippen molar-refractivity contribution >= 4 is 23.5 Å². The Morgan fingerprint density at radius 3 is 2.74 bits per heavy atom. The van der Waals surface area contributed by atoms with Crippen molar-refractivity contribution in [2.75, 3.05) is 18.4 Å². The van der Waals surface area contributed by atoms with Crippen LogP contribution >= 0.6 is 0 Å². The highest BCUT2D eigenvalue weighted by Gasteiger charge is 2.51. The number of hydrogen-bond donors (Lipinski definition) is 1. The largest absolute Gasteiger partial charge is 0.310 e. The number of hydrogen-bond acceptors (Lipinski definition) is 4. The Kier molecular flexibility index (Phi) is 5.40. The molecule has 0 saturated heterocycles. The molecule has 5 heteroatoms. The average Bonchev–Trinajstić information content (AvgIpc) is 3.41. The zero-order valence-corrected chi connectivity index (χ0v) is 20.1. The summed E-state index contributed by atoms with van der Waals surface area (Å²) < 4.78 is 0. The van der Waals surface area contributed by atoms with Crippen LogP contribution < -0.4 is 5.32 Å². The van der Waals surface area contributed by atoms with Crippen LogP contribution in [0.25, 0.3) is 6.08 Å². The first-order valence-electron chi connectivity index (χ1n) is 13.0. The monoisotopic (exact) mass is 454 g/mol. The minimum Gasteiger partial charge on any atom is -0.310 e. The highest BCUT2D eigenvalue weighted by atomic mass is 16.2. The fraction of sp³-hybridized carbons (Fsp3) is 0.483. The Labute approximate surface area is 202 Å². The zero-order valence-electron chi connectivity index (χ0n) is 20.1. The van der Waals surface area contributed by atoms with Crippen molar-refractivity contribution in [1.82, 2.24) is 9.88 Å². The second-order valence-corrected chi connectivity index (χ2v) is 10.5. The summed E-state index contributed by atoms with van der Waals surface area (Å²) in [5.74, 6) is 0.816. The maximum Gasteiger partial charge on any atom is 0.237 e. The summed E-state index contributed by atoms with van der Waals surface area (Å²) in [6.45, 7) is 4.19. The summed E-state index contributed by atoms with van der Waals surface area (Å²) in [6.07, 6.45) is 16.5. The lowest BCUT2D eigenvalue weighted by atomic mass is 9.79. The lowest BCUT2D eigenvalue weighted by molar-refractivity contribution is -0.120. The molecule has 5 nitrogen and oxygen atoms in total. The van der Waals surface area contributed by atoms with Crippen LogP contribution in [0, 0.1) is 0 Å². The van der Waals surface area contributed by atoms with E-state index in [0.717, 1.165) is 43.7 Å². The van der Waals surface area contributed by atoms with Gasteiger partial charge >= 0.3 is 0 Å². The smallest absolute Gasteiger partial charge is 0.237 e. The van der Waals surface area contributed by atoms with Crippen LogP contribution in [0.5, 0.6) is 0 Å². The number of carbonyl (C=O) groups excluding carboxylic acids is 1. The first kappa shape index (κ1) is 21.7. The Bertz CT molecular complexity index is 1170. The SMILES string of the molecule is CCC1=NC2(CCCCCC2)N(CC=Cc2ccc3c(c2)CC2(C3)C(=O)Nc3ncccc32)C1. The summed E-state index contributed by atoms with van der Waals surface area (Å²) in [4.78, 5) is 25.2. The van der Waals surface area contributed by atoms with Crippen molar-refractivity contribution in [1.29, 1.82) is 0 Å². The Hall–Kier alpha value is -2.79. The second kappa shape index (κ2) is 8.46. The van der Waals surface area contributed by atoms with Gasteiger partial charge in [0.2, 0.25) is 5.91 Å². The van der Waals surface area contributed by atoms with E-state index in [0.29, 0.717) is 0 Å². The molecule has 2 aliphatic carbocycles. The highest BCUT2D eigenvalue weighted by Crippen LogP contribution is 2.46. The molecule has 1 amide bonds. The molecule has 6 rings (SSSR count). The van der Waals surface area contributed by atoms with Gasteiger partial charge in [0.25, 0.3) is 0 Å². The van der Waals surface area contributed by atoms with Gasteiger partial charge in [-0.25, -0.2) is 4.98 Å². The standard InChI is InChI=1S/C29H34N4O/c1-2-24-20-33(29(32-24)13-5-3-4-6-14-29)16-8-9-21-11-12-22-18-28(19-23(22)17-21)25-10-7-15-30-26(25)31-27(28)34/h7-12,15,17H,2-6,13-14,16,18-20H2,1H3,(H,30,31,34). The van der Waals surface area contributed by atoms with Gasteiger partial charge in [0.1, 0.15) is 11.5 Å². The molecule has 1 atom stereocenters. The lowest BCUT2D eigenvalue weighted by Crippen LogP contribution is -2.43. The number of carbonyl (C=O) groups is 1. The first-order chi connectivity index (χ1) is 16.6. The van der Waals surface area contributed by atoms with Crippen LogP contribution in [0.2, 0.25) is 0 Å². The molecule has 176 valence electrons. The predicted molar refractivity (Wildman–Crippen MR) is 137 cm³/mol. The Balaban J connectivity index is 1.19. The van der Waals surface area contributed by atoms with Crippen LogP contribution in [0.15, 0.2) is 47.6 Å². The highest BCUT2D eigenvalue weighted by molar-refractivity contribution is 6.06. The fourth-order valence-corrected chi connectivity index (χ4v) is 6.62. The third kappa shape index (κ3) is 3.52. The number of benzene rings is 1. The van der Waals surface area contributed by atoms with E-state index in [1.165, 1.54) is 60.9 Å². The molecule has 0 radical (unpaired) electrons. The van der Waals surface area contributed by atoms with Gasteiger partial charge in [0, 0.05) is 30.6 Å². The number of nitrogens with one attached hydrogen (secondary N) is 1. The molecule has 2 aromatic rings. The molecule has 1 unspecified atom stereocenters. The van der Waals surface area contributed by atoms with Crippen LogP contribution in [-0.4, -0.2) is 40.3 Å². The molecule has 1 saturated carbocycles. The normalized spacial score (nSPS) is 25.6. The minimum atomic E-state index is -0.496. The quantitative estimate of drug-likeness (QED) is 0.682. The van der Waals surface area contributed by atoms with Crippen molar-refractivity contribution in [3.05, 3.63) is 64.9 Å². The number of anilines is 1. The molecule has 4 aliphatic rings. The van der Waals surface area contributed by atoms with Crippen molar-refractivity contribution in [3.8, 4) is 0 Å². The summed E-state index contributed by atoms with van der Waals surface area (Å²) in [5.41, 5.74) is 5.72. The number of amides is 1. The topological polar surface area (TPSA) is 57.6 Å². The first-order valence-corrected chi connectivity index (χ1v) is 13.0. The van der Waals surface area contributed by atoms with E-state index in [2.05, 4.69) is 58.5 Å². The van der Waals surface area contributed by atoms with Crippen LogP contribution in [0.4, 0.5) is 5.82 Å². The molecule has 1 N–H and O–H groups in total. The summed E-state index contributed by atoms with van der Waals surface area (Å²) in [5, 5.41) is 3.01. The molecule has 2 spiro atoms. The van der Waals surface area contributed by atoms with E-state index in [-0.39, 0.29) is 11.6 Å². The average molecular weight is 455 g/mol. The number of aliphatic imine (C=N–C) groups is 1. The van der Waals surface area contributed by atoms with Crippen LogP contribution in [0.3, 0.4) is 0 Å². The third-order valence-corrected chi connectivity index (χ3v) is 8.48. The molecule has 3 heterocycles. The van der Waals surface area contributed by atoms with E-state index in [9.17, 15) is 4.79 Å². The van der Waals surface area contributed by atoms with Crippen molar-refractivity contribution in [2.24, 2.45) is 4.99 Å². The molecule has 1 fully saturated rings. The van der Waals surface area contributed by atoms with Gasteiger partial charge in [-0.1, -0.05) is 56.2 Å². The van der Waals surface area contributed by atoms with E-state index < -0.39 is 5.41 Å². The van der Waals surface area contributed by atoms with Crippen molar-refractivity contribution in [2.45, 2.75) is 75.8 Å². The Morgan fingerprint density at radius 2 is 1.91 bits per heavy atom. The van der Waals surface area contributed by atoms with Gasteiger partial charge in [0.05, 0.1) is 5.41 Å². The zero-order chi connectivity index (χ0) is 23.2. The number of nitrogens with zero attached hydrogens (tertiary/aromatic N) is 3. The van der Waals surface area contributed by atoms with E-state index in [4.69, 9.17) is 4.99 Å². The van der Waals surface area contributed by atoms with Crippen molar-refractivity contribution < 1.29 is 4.79 Å². The molecule has 2 aliphatic heterocycles. The van der Waals surface area contributed by atoms with Gasteiger partial charge < -0.3 is 5.32 Å². The molecule has 1 aromatic carbocycles. The number of fused-ring (bicyclic) bond motifs is 3. The van der Waals surface area contributed by atoms with Crippen molar-refractivity contribution in [3.63, 3.8) is 0 Å². The number of rotatable bonds is 4. The van der Waals surface area contributed by atoms with E-state index in [1.54, 1.807) is 6.20 Å². The maximum absolute atomic E-state index is 13.0. The fourth-order valence-electron chi connectivity index (χ4n) is 6.62. The molecule has 1 aromatic heterocycles. The van der Waals surface area contributed by atoms with Gasteiger partial charge in [0.15, 0.2) is 0 Å². The van der Waals surface area contributed by atoms with Gasteiger partial charge in [-0.05, 0) is 67.7 Å². The molecule has 34 heavy (non-hydrogen) atoms. The predicted octanol–water partition coefficient (Wildman–Crippen LogP) is 5.30. The van der Waals surface area contributed by atoms with Gasteiger partial charge in [-0.15, -0.1) is 0 Å². The second-order valence-electron chi connectivity index (χ2n) is 10.5. The number of aromatic nitrogens is 1. The minimum absolute atomic E-state index is 0.0355. The summed E-state index contributed by atoms with van der Waals surface area (Å²) >= 11 is 0. The molecule has 0 bridgehead atoms. The molecular weight excluding hydrogens is 420 g/mol. The summed E-state index contributed by atoms with van der Waals surface area (Å²) in [7, 11) is 0. The van der Waals surface area contributed by atoms with E-state index >= 15 is 0 Å². The Morgan fingerprint density at radius 1 is 1.09 bits per heavy atom. The summed E-state index contributed by atoms with van der Waals surface area (Å²) in [6, 6.07) is 10.7. The third-order valence-electron chi connectivity index (χ3n) is 8.48. The van der Waals surface area contributed by atoms with Crippen LogP contribution in [-0.2, 0) is 23.1 Å². The van der Waals surface area contributed by atoms with Crippen LogP contribution in [0.1, 0.15) is 74.1 Å². The number of pyridine rings is 1. The van der Waals surface area contributed by atoms with E-state index in [1.807, 2.05) is 6.07 Å².